The topological polar surface area (TPSA) is 82.0 Å². The number of hydrogen-bond acceptors (Lipinski definition) is 4. The summed E-state index contributed by atoms with van der Waals surface area (Å²) in [5.41, 5.74) is 1.57. The molecule has 0 radical (unpaired) electrons. The minimum absolute atomic E-state index is 0.0306. The number of nitrogens with zero attached hydrogens (tertiary/aromatic N) is 1. The summed E-state index contributed by atoms with van der Waals surface area (Å²) in [6.07, 6.45) is 0. The van der Waals surface area contributed by atoms with Crippen molar-refractivity contribution in [2.75, 3.05) is 6.54 Å². The van der Waals surface area contributed by atoms with Crippen molar-refractivity contribution < 1.29 is 9.59 Å². The first-order valence-electron chi connectivity index (χ1n) is 5.73. The first kappa shape index (κ1) is 14.5. The molecule has 2 N–H and O–H groups in total. The molecular formula is C14H15N3O2. The Labute approximate surface area is 111 Å². The summed E-state index contributed by atoms with van der Waals surface area (Å²) < 4.78 is 0. The van der Waals surface area contributed by atoms with Gasteiger partial charge in [-0.3, -0.25) is 9.59 Å². The van der Waals surface area contributed by atoms with Crippen molar-refractivity contribution in [3.8, 4) is 6.07 Å². The maximum atomic E-state index is 11.5. The zero-order valence-electron chi connectivity index (χ0n) is 10.7. The first-order valence-corrected chi connectivity index (χ1v) is 5.73. The monoisotopic (exact) mass is 257 g/mol. The van der Waals surface area contributed by atoms with Gasteiger partial charge in [0.2, 0.25) is 0 Å². The van der Waals surface area contributed by atoms with Gasteiger partial charge in [-0.15, -0.1) is 0 Å². The molecular weight excluding hydrogens is 242 g/mol. The molecule has 0 aliphatic heterocycles. The highest BCUT2D eigenvalue weighted by Crippen LogP contribution is 2.09. The Hall–Kier alpha value is -2.61. The van der Waals surface area contributed by atoms with E-state index < -0.39 is 5.91 Å². The van der Waals surface area contributed by atoms with Gasteiger partial charge < -0.3 is 10.6 Å². The molecule has 5 nitrogen and oxygen atoms in total. The predicted molar refractivity (Wildman–Crippen MR) is 71.0 cm³/mol. The second kappa shape index (κ2) is 6.97. The average Bonchev–Trinajstić information content (AvgIpc) is 2.42. The number of Topliss-reactive ketones (excluding diaryl/α,β-unsaturated/α-hetero) is 1. The number of benzene rings is 1. The van der Waals surface area contributed by atoms with Gasteiger partial charge >= 0.3 is 0 Å². The highest BCUT2D eigenvalue weighted by Gasteiger charge is 2.09. The maximum Gasteiger partial charge on any atom is 0.267 e. The molecule has 5 heteroatoms. The van der Waals surface area contributed by atoms with Gasteiger partial charge in [0.25, 0.3) is 5.91 Å². The van der Waals surface area contributed by atoms with Crippen molar-refractivity contribution in [1.82, 2.24) is 10.6 Å². The lowest BCUT2D eigenvalue weighted by Crippen LogP contribution is -2.31. The van der Waals surface area contributed by atoms with Crippen LogP contribution in [0.4, 0.5) is 0 Å². The van der Waals surface area contributed by atoms with E-state index in [1.807, 2.05) is 12.1 Å². The number of carbonyl (C=O) groups excluding carboxylic acids is 2. The number of carbonyl (C=O) groups is 2. The molecule has 0 bridgehead atoms. The third-order valence-electron chi connectivity index (χ3n) is 2.49. The molecule has 0 aliphatic carbocycles. The highest BCUT2D eigenvalue weighted by molar-refractivity contribution is 5.95. The second-order valence-corrected chi connectivity index (χ2v) is 3.89. The summed E-state index contributed by atoms with van der Waals surface area (Å²) in [6.45, 7) is 5.33. The lowest BCUT2D eigenvalue weighted by molar-refractivity contribution is -0.117. The predicted octanol–water partition coefficient (Wildman–Crippen LogP) is 1.13. The lowest BCUT2D eigenvalue weighted by atomic mass is 10.0. The van der Waals surface area contributed by atoms with Crippen molar-refractivity contribution in [2.45, 2.75) is 13.5 Å². The Bertz CT molecular complexity index is 544. The molecule has 0 fully saturated rings. The standard InChI is InChI=1S/C14H15N3O2/c1-10(14(19)16-8-7-15)17-9-12-5-3-4-6-13(12)11(2)18/h3-6,17H,1,8-9H2,2H3,(H,16,19). The van der Waals surface area contributed by atoms with Crippen LogP contribution in [0.15, 0.2) is 36.5 Å². The normalized spacial score (nSPS) is 9.26. The van der Waals surface area contributed by atoms with Gasteiger partial charge in [0.05, 0.1) is 11.8 Å². The number of nitrogens with one attached hydrogen (secondary N) is 2. The van der Waals surface area contributed by atoms with Gasteiger partial charge in [-0.1, -0.05) is 30.8 Å². The Kier molecular flexibility index (Phi) is 5.30. The van der Waals surface area contributed by atoms with E-state index in [0.29, 0.717) is 12.1 Å². The Morgan fingerprint density at radius 3 is 2.63 bits per heavy atom. The van der Waals surface area contributed by atoms with Crippen LogP contribution < -0.4 is 10.6 Å². The van der Waals surface area contributed by atoms with Crippen LogP contribution in [-0.4, -0.2) is 18.2 Å². The minimum Gasteiger partial charge on any atom is -0.377 e. The summed E-state index contributed by atoms with van der Waals surface area (Å²) in [5, 5.41) is 13.6. The van der Waals surface area contributed by atoms with Gasteiger partial charge in [-0.25, -0.2) is 0 Å². The highest BCUT2D eigenvalue weighted by atomic mass is 16.2. The molecule has 98 valence electrons. The van der Waals surface area contributed by atoms with Crippen molar-refractivity contribution in [3.63, 3.8) is 0 Å². The third kappa shape index (κ3) is 4.28. The van der Waals surface area contributed by atoms with E-state index in [4.69, 9.17) is 5.26 Å². The molecule has 0 saturated heterocycles. The van der Waals surface area contributed by atoms with Crippen LogP contribution in [0.3, 0.4) is 0 Å². The van der Waals surface area contributed by atoms with E-state index in [2.05, 4.69) is 17.2 Å². The number of amides is 1. The number of ketones is 1. The molecule has 0 aliphatic rings. The molecule has 0 aromatic heterocycles. The Morgan fingerprint density at radius 1 is 1.32 bits per heavy atom. The average molecular weight is 257 g/mol. The van der Waals surface area contributed by atoms with Crippen LogP contribution in [0.2, 0.25) is 0 Å². The fraction of sp³-hybridized carbons (Fsp3) is 0.214. The molecule has 1 aromatic carbocycles. The van der Waals surface area contributed by atoms with Gasteiger partial charge in [0, 0.05) is 12.1 Å². The maximum absolute atomic E-state index is 11.5. The first-order chi connectivity index (χ1) is 9.06. The molecule has 1 rings (SSSR count). The van der Waals surface area contributed by atoms with Crippen molar-refractivity contribution >= 4 is 11.7 Å². The van der Waals surface area contributed by atoms with Gasteiger partial charge in [0.1, 0.15) is 6.54 Å². The van der Waals surface area contributed by atoms with Crippen LogP contribution in [0.5, 0.6) is 0 Å². The third-order valence-corrected chi connectivity index (χ3v) is 2.49. The Balaban J connectivity index is 2.63. The fourth-order valence-corrected chi connectivity index (χ4v) is 1.53. The molecule has 1 amide bonds. The van der Waals surface area contributed by atoms with Gasteiger partial charge in [-0.2, -0.15) is 5.26 Å². The molecule has 0 spiro atoms. The van der Waals surface area contributed by atoms with Crippen molar-refractivity contribution in [2.24, 2.45) is 0 Å². The lowest BCUT2D eigenvalue weighted by Gasteiger charge is -2.11. The van der Waals surface area contributed by atoms with Gasteiger partial charge in [0.15, 0.2) is 5.78 Å². The van der Waals surface area contributed by atoms with Crippen molar-refractivity contribution in [1.29, 1.82) is 5.26 Å². The summed E-state index contributed by atoms with van der Waals surface area (Å²) >= 11 is 0. The number of nitriles is 1. The largest absolute Gasteiger partial charge is 0.377 e. The van der Waals surface area contributed by atoms with E-state index in [1.54, 1.807) is 18.2 Å². The molecule has 0 unspecified atom stereocenters. The number of rotatable bonds is 6. The van der Waals surface area contributed by atoms with Crippen LogP contribution in [-0.2, 0) is 11.3 Å². The van der Waals surface area contributed by atoms with E-state index >= 15 is 0 Å². The minimum atomic E-state index is -0.429. The zero-order chi connectivity index (χ0) is 14.3. The zero-order valence-corrected chi connectivity index (χ0v) is 10.7. The smallest absolute Gasteiger partial charge is 0.267 e. The van der Waals surface area contributed by atoms with E-state index in [9.17, 15) is 9.59 Å². The molecule has 19 heavy (non-hydrogen) atoms. The number of hydrogen-bond donors (Lipinski definition) is 2. The fourth-order valence-electron chi connectivity index (χ4n) is 1.53. The van der Waals surface area contributed by atoms with Crippen molar-refractivity contribution in [3.05, 3.63) is 47.7 Å². The summed E-state index contributed by atoms with van der Waals surface area (Å²) in [5.74, 6) is -0.459. The van der Waals surface area contributed by atoms with E-state index in [1.165, 1.54) is 6.92 Å². The SMILES string of the molecule is C=C(NCc1ccccc1C(C)=O)C(=O)NCC#N. The van der Waals surface area contributed by atoms with Crippen LogP contribution in [0, 0.1) is 11.3 Å². The van der Waals surface area contributed by atoms with Gasteiger partial charge in [-0.05, 0) is 12.5 Å². The Morgan fingerprint density at radius 2 is 2.00 bits per heavy atom. The van der Waals surface area contributed by atoms with Crippen LogP contribution >= 0.6 is 0 Å². The van der Waals surface area contributed by atoms with Crippen LogP contribution in [0.1, 0.15) is 22.8 Å². The molecule has 0 atom stereocenters. The molecule has 0 saturated carbocycles. The molecule has 0 heterocycles. The summed E-state index contributed by atoms with van der Waals surface area (Å²) in [6, 6.07) is 8.96. The summed E-state index contributed by atoms with van der Waals surface area (Å²) in [7, 11) is 0. The summed E-state index contributed by atoms with van der Waals surface area (Å²) in [4.78, 5) is 22.9. The second-order valence-electron chi connectivity index (χ2n) is 3.89. The van der Waals surface area contributed by atoms with Crippen LogP contribution in [0.25, 0.3) is 0 Å². The quantitative estimate of drug-likeness (QED) is 0.455. The van der Waals surface area contributed by atoms with E-state index in [0.717, 1.165) is 5.56 Å². The van der Waals surface area contributed by atoms with E-state index in [-0.39, 0.29) is 18.0 Å². The molecule has 1 aromatic rings.